The Balaban J connectivity index is 1.56. The van der Waals surface area contributed by atoms with E-state index in [1.54, 1.807) is 4.90 Å². The van der Waals surface area contributed by atoms with E-state index in [1.807, 2.05) is 13.1 Å². The Bertz CT molecular complexity index is 588. The van der Waals surface area contributed by atoms with Crippen molar-refractivity contribution in [2.24, 2.45) is 5.41 Å². The van der Waals surface area contributed by atoms with Crippen LogP contribution in [0.3, 0.4) is 0 Å². The van der Waals surface area contributed by atoms with Crippen molar-refractivity contribution in [2.75, 3.05) is 49.8 Å². The molecule has 1 spiro atoms. The molecule has 0 aromatic heterocycles. The normalized spacial score (nSPS) is 23.6. The Hall–Kier alpha value is -1.75. The lowest BCUT2D eigenvalue weighted by Gasteiger charge is -2.47. The van der Waals surface area contributed by atoms with Crippen molar-refractivity contribution in [2.45, 2.75) is 19.3 Å². The minimum Gasteiger partial charge on any atom is -0.491 e. The second-order valence-corrected chi connectivity index (χ2v) is 6.68. The number of hydrogen-bond acceptors (Lipinski definition) is 4. The molecule has 4 rings (SSSR count). The highest BCUT2D eigenvalue weighted by molar-refractivity contribution is 5.95. The molecular formula is C17H22N2O3. The molecule has 1 aromatic carbocycles. The molecule has 3 aliphatic rings. The topological polar surface area (TPSA) is 42.0 Å². The van der Waals surface area contributed by atoms with Gasteiger partial charge in [-0.1, -0.05) is 0 Å². The summed E-state index contributed by atoms with van der Waals surface area (Å²) in [6.07, 6.45) is 2.82. The molecular weight excluding hydrogens is 280 g/mol. The van der Waals surface area contributed by atoms with Crippen LogP contribution >= 0.6 is 0 Å². The Kier molecular flexibility index (Phi) is 3.26. The van der Waals surface area contributed by atoms with Crippen molar-refractivity contribution >= 4 is 17.3 Å². The number of ether oxygens (including phenoxy) is 2. The van der Waals surface area contributed by atoms with Gasteiger partial charge in [-0.25, -0.2) is 0 Å². The predicted octanol–water partition coefficient (Wildman–Crippen LogP) is 2.05. The lowest BCUT2D eigenvalue weighted by molar-refractivity contribution is -0.124. The molecule has 0 N–H and O–H groups in total. The molecule has 1 amide bonds. The SMILES string of the molecule is CN1C(=O)CCOc2ccc(N3CCC4(CC3)COC4)cc21. The summed E-state index contributed by atoms with van der Waals surface area (Å²) < 4.78 is 11.1. The average Bonchev–Trinajstić information content (AvgIpc) is 2.66. The molecule has 0 radical (unpaired) electrons. The molecule has 3 aliphatic heterocycles. The molecule has 22 heavy (non-hydrogen) atoms. The third-order valence-corrected chi connectivity index (χ3v) is 5.26. The van der Waals surface area contributed by atoms with E-state index in [2.05, 4.69) is 17.0 Å². The Morgan fingerprint density at radius 1 is 1.18 bits per heavy atom. The molecule has 118 valence electrons. The smallest absolute Gasteiger partial charge is 0.230 e. The van der Waals surface area contributed by atoms with Crippen molar-refractivity contribution in [3.05, 3.63) is 18.2 Å². The summed E-state index contributed by atoms with van der Waals surface area (Å²) in [5.74, 6) is 0.915. The molecule has 0 atom stereocenters. The summed E-state index contributed by atoms with van der Waals surface area (Å²) in [4.78, 5) is 16.1. The van der Waals surface area contributed by atoms with Gasteiger partial charge in [0.05, 0.1) is 31.9 Å². The number of anilines is 2. The average molecular weight is 302 g/mol. The van der Waals surface area contributed by atoms with Crippen LogP contribution in [0.25, 0.3) is 0 Å². The third kappa shape index (κ3) is 2.24. The van der Waals surface area contributed by atoms with Crippen LogP contribution in [0.5, 0.6) is 5.75 Å². The highest BCUT2D eigenvalue weighted by Crippen LogP contribution is 2.41. The Morgan fingerprint density at radius 2 is 1.95 bits per heavy atom. The van der Waals surface area contributed by atoms with Gasteiger partial charge in [0.1, 0.15) is 5.75 Å². The number of piperidine rings is 1. The maximum absolute atomic E-state index is 12.0. The maximum atomic E-state index is 12.0. The van der Waals surface area contributed by atoms with Crippen LogP contribution in [0.1, 0.15) is 19.3 Å². The first-order valence-corrected chi connectivity index (χ1v) is 8.03. The fourth-order valence-electron chi connectivity index (χ4n) is 3.56. The van der Waals surface area contributed by atoms with Crippen LogP contribution in [0.15, 0.2) is 18.2 Å². The van der Waals surface area contributed by atoms with E-state index in [4.69, 9.17) is 9.47 Å². The molecule has 5 nitrogen and oxygen atoms in total. The van der Waals surface area contributed by atoms with Crippen LogP contribution in [0.4, 0.5) is 11.4 Å². The van der Waals surface area contributed by atoms with Gasteiger partial charge in [-0.15, -0.1) is 0 Å². The van der Waals surface area contributed by atoms with Gasteiger partial charge in [0.2, 0.25) is 5.91 Å². The Morgan fingerprint density at radius 3 is 2.64 bits per heavy atom. The fraction of sp³-hybridized carbons (Fsp3) is 0.588. The number of rotatable bonds is 1. The number of nitrogens with zero attached hydrogens (tertiary/aromatic N) is 2. The standard InChI is InChI=1S/C17H22N2O3/c1-18-14-10-13(2-3-15(14)22-9-4-16(18)20)19-7-5-17(6-8-19)11-21-12-17/h2-3,10H,4-9,11-12H2,1H3. The summed E-state index contributed by atoms with van der Waals surface area (Å²) in [6, 6.07) is 6.20. The van der Waals surface area contributed by atoms with Crippen molar-refractivity contribution in [1.29, 1.82) is 0 Å². The molecule has 0 saturated carbocycles. The zero-order chi connectivity index (χ0) is 15.2. The monoisotopic (exact) mass is 302 g/mol. The van der Waals surface area contributed by atoms with Gasteiger partial charge in [0.25, 0.3) is 0 Å². The van der Waals surface area contributed by atoms with E-state index < -0.39 is 0 Å². The summed E-state index contributed by atoms with van der Waals surface area (Å²) in [5.41, 5.74) is 2.50. The zero-order valence-electron chi connectivity index (χ0n) is 13.0. The highest BCUT2D eigenvalue weighted by Gasteiger charge is 2.41. The Labute approximate surface area is 130 Å². The summed E-state index contributed by atoms with van der Waals surface area (Å²) in [7, 11) is 1.83. The van der Waals surface area contributed by atoms with Gasteiger partial charge in [0.15, 0.2) is 0 Å². The largest absolute Gasteiger partial charge is 0.491 e. The van der Waals surface area contributed by atoms with Crippen molar-refractivity contribution in [3.8, 4) is 5.75 Å². The number of carbonyl (C=O) groups is 1. The van der Waals surface area contributed by atoms with E-state index in [9.17, 15) is 4.79 Å². The summed E-state index contributed by atoms with van der Waals surface area (Å²) in [6.45, 7) is 4.43. The van der Waals surface area contributed by atoms with Gasteiger partial charge in [0, 0.05) is 31.2 Å². The first-order chi connectivity index (χ1) is 10.7. The van der Waals surface area contributed by atoms with Gasteiger partial charge in [-0.3, -0.25) is 4.79 Å². The van der Waals surface area contributed by atoms with Crippen LogP contribution < -0.4 is 14.5 Å². The van der Waals surface area contributed by atoms with Gasteiger partial charge < -0.3 is 19.3 Å². The van der Waals surface area contributed by atoms with E-state index in [0.717, 1.165) is 37.7 Å². The van der Waals surface area contributed by atoms with Gasteiger partial charge in [-0.2, -0.15) is 0 Å². The predicted molar refractivity (Wildman–Crippen MR) is 84.7 cm³/mol. The second kappa shape index (κ2) is 5.16. The van der Waals surface area contributed by atoms with Crippen LogP contribution in [-0.4, -0.2) is 45.9 Å². The van der Waals surface area contributed by atoms with E-state index in [1.165, 1.54) is 18.5 Å². The molecule has 0 aliphatic carbocycles. The zero-order valence-corrected chi connectivity index (χ0v) is 13.0. The molecule has 2 fully saturated rings. The van der Waals surface area contributed by atoms with Crippen molar-refractivity contribution < 1.29 is 14.3 Å². The molecule has 3 heterocycles. The first kappa shape index (κ1) is 13.9. The van der Waals surface area contributed by atoms with E-state index in [-0.39, 0.29) is 5.91 Å². The van der Waals surface area contributed by atoms with Crippen LogP contribution in [-0.2, 0) is 9.53 Å². The van der Waals surface area contributed by atoms with E-state index >= 15 is 0 Å². The second-order valence-electron chi connectivity index (χ2n) is 6.68. The van der Waals surface area contributed by atoms with Gasteiger partial charge in [-0.05, 0) is 31.0 Å². The lowest BCUT2D eigenvalue weighted by Crippen LogP contribution is -2.50. The van der Waals surface area contributed by atoms with E-state index in [0.29, 0.717) is 18.4 Å². The quantitative estimate of drug-likeness (QED) is 0.796. The van der Waals surface area contributed by atoms with Gasteiger partial charge >= 0.3 is 0 Å². The molecule has 5 heteroatoms. The number of amides is 1. The van der Waals surface area contributed by atoms with Crippen LogP contribution in [0.2, 0.25) is 0 Å². The summed E-state index contributed by atoms with van der Waals surface area (Å²) >= 11 is 0. The van der Waals surface area contributed by atoms with Crippen molar-refractivity contribution in [3.63, 3.8) is 0 Å². The fourth-order valence-corrected chi connectivity index (χ4v) is 3.56. The minimum absolute atomic E-state index is 0.111. The number of fused-ring (bicyclic) bond motifs is 1. The number of carbonyl (C=O) groups excluding carboxylic acids is 1. The van der Waals surface area contributed by atoms with Crippen molar-refractivity contribution in [1.82, 2.24) is 0 Å². The molecule has 0 unspecified atom stereocenters. The number of hydrogen-bond donors (Lipinski definition) is 0. The lowest BCUT2D eigenvalue weighted by atomic mass is 9.77. The first-order valence-electron chi connectivity index (χ1n) is 8.03. The molecule has 0 bridgehead atoms. The number of benzene rings is 1. The minimum atomic E-state index is 0.111. The molecule has 1 aromatic rings. The van der Waals surface area contributed by atoms with Crippen LogP contribution in [0, 0.1) is 5.41 Å². The maximum Gasteiger partial charge on any atom is 0.230 e. The molecule has 2 saturated heterocycles. The highest BCUT2D eigenvalue weighted by atomic mass is 16.5. The summed E-state index contributed by atoms with van der Waals surface area (Å²) in [5, 5.41) is 0. The third-order valence-electron chi connectivity index (χ3n) is 5.26.